The van der Waals surface area contributed by atoms with Crippen molar-refractivity contribution in [3.63, 3.8) is 0 Å². The summed E-state index contributed by atoms with van der Waals surface area (Å²) in [7, 11) is 0. The summed E-state index contributed by atoms with van der Waals surface area (Å²) in [6, 6.07) is 4.15. The number of nitro groups is 1. The standard InChI is InChI=1S/C12H16N4O3/c13-10-4-3-8(6-11(10)16(18)19)12(17)15-9-2-1-5-14-7-9/h3-4,6,9,14H,1-2,5,7,13H2,(H,15,17)/t9-/m0/s1. The van der Waals surface area contributed by atoms with Gasteiger partial charge in [-0.25, -0.2) is 0 Å². The Morgan fingerprint density at radius 3 is 2.95 bits per heavy atom. The lowest BCUT2D eigenvalue weighted by molar-refractivity contribution is -0.383. The highest BCUT2D eigenvalue weighted by Crippen LogP contribution is 2.22. The van der Waals surface area contributed by atoms with E-state index in [4.69, 9.17) is 5.73 Å². The molecule has 0 saturated carbocycles. The fraction of sp³-hybridized carbons (Fsp3) is 0.417. The molecule has 4 N–H and O–H groups in total. The Bertz CT molecular complexity index is 498. The van der Waals surface area contributed by atoms with Gasteiger partial charge in [0.2, 0.25) is 0 Å². The molecular formula is C12H16N4O3. The number of hydrogen-bond donors (Lipinski definition) is 3. The molecule has 2 rings (SSSR count). The van der Waals surface area contributed by atoms with Gasteiger partial charge in [0.05, 0.1) is 4.92 Å². The van der Waals surface area contributed by atoms with Gasteiger partial charge in [-0.15, -0.1) is 0 Å². The maximum absolute atomic E-state index is 12.0. The molecule has 102 valence electrons. The van der Waals surface area contributed by atoms with E-state index in [1.807, 2.05) is 0 Å². The Kier molecular flexibility index (Phi) is 3.96. The van der Waals surface area contributed by atoms with Gasteiger partial charge in [0.25, 0.3) is 11.6 Å². The molecule has 1 aliphatic heterocycles. The van der Waals surface area contributed by atoms with E-state index in [9.17, 15) is 14.9 Å². The van der Waals surface area contributed by atoms with E-state index in [1.54, 1.807) is 0 Å². The number of anilines is 1. The first kappa shape index (κ1) is 13.3. The molecule has 7 heteroatoms. The molecule has 1 amide bonds. The third-order valence-electron chi connectivity index (χ3n) is 3.12. The molecule has 19 heavy (non-hydrogen) atoms. The molecule has 1 atom stereocenters. The summed E-state index contributed by atoms with van der Waals surface area (Å²) >= 11 is 0. The third-order valence-corrected chi connectivity index (χ3v) is 3.12. The van der Waals surface area contributed by atoms with Crippen LogP contribution >= 0.6 is 0 Å². The lowest BCUT2D eigenvalue weighted by atomic mass is 10.1. The minimum absolute atomic E-state index is 0.0564. The molecule has 1 aromatic carbocycles. The predicted octanol–water partition coefficient (Wildman–Crippen LogP) is 0.659. The zero-order valence-corrected chi connectivity index (χ0v) is 10.4. The lowest BCUT2D eigenvalue weighted by Crippen LogP contribution is -2.45. The highest BCUT2D eigenvalue weighted by Gasteiger charge is 2.19. The van der Waals surface area contributed by atoms with Crippen molar-refractivity contribution >= 4 is 17.3 Å². The molecular weight excluding hydrogens is 248 g/mol. The summed E-state index contributed by atoms with van der Waals surface area (Å²) in [5, 5.41) is 16.8. The molecule has 1 saturated heterocycles. The summed E-state index contributed by atoms with van der Waals surface area (Å²) in [4.78, 5) is 22.2. The first-order valence-electron chi connectivity index (χ1n) is 6.13. The van der Waals surface area contributed by atoms with Gasteiger partial charge in [0.1, 0.15) is 5.69 Å². The largest absolute Gasteiger partial charge is 0.393 e. The molecule has 0 aliphatic carbocycles. The minimum atomic E-state index is -0.589. The van der Waals surface area contributed by atoms with Gasteiger partial charge < -0.3 is 16.4 Å². The van der Waals surface area contributed by atoms with Crippen LogP contribution in [0.2, 0.25) is 0 Å². The van der Waals surface area contributed by atoms with Crippen LogP contribution in [0.3, 0.4) is 0 Å². The van der Waals surface area contributed by atoms with Crippen molar-refractivity contribution in [3.8, 4) is 0 Å². The van der Waals surface area contributed by atoms with E-state index in [0.29, 0.717) is 0 Å². The normalized spacial score (nSPS) is 18.8. The maximum Gasteiger partial charge on any atom is 0.292 e. The number of rotatable bonds is 3. The van der Waals surface area contributed by atoms with E-state index in [0.717, 1.165) is 25.9 Å². The fourth-order valence-corrected chi connectivity index (χ4v) is 2.09. The molecule has 1 aromatic rings. The van der Waals surface area contributed by atoms with Crippen LogP contribution in [0.15, 0.2) is 18.2 Å². The van der Waals surface area contributed by atoms with Crippen molar-refractivity contribution in [3.05, 3.63) is 33.9 Å². The number of carbonyl (C=O) groups is 1. The van der Waals surface area contributed by atoms with E-state index in [-0.39, 0.29) is 28.9 Å². The van der Waals surface area contributed by atoms with E-state index < -0.39 is 4.92 Å². The highest BCUT2D eigenvalue weighted by molar-refractivity contribution is 5.95. The molecule has 0 aromatic heterocycles. The number of benzene rings is 1. The second kappa shape index (κ2) is 5.66. The zero-order chi connectivity index (χ0) is 13.8. The molecule has 0 spiro atoms. The Morgan fingerprint density at radius 1 is 1.53 bits per heavy atom. The monoisotopic (exact) mass is 264 g/mol. The second-order valence-corrected chi connectivity index (χ2v) is 4.55. The summed E-state index contributed by atoms with van der Waals surface area (Å²) < 4.78 is 0. The Balaban J connectivity index is 2.10. The second-order valence-electron chi connectivity index (χ2n) is 4.55. The highest BCUT2D eigenvalue weighted by atomic mass is 16.6. The van der Waals surface area contributed by atoms with Gasteiger partial charge in [0.15, 0.2) is 0 Å². The Labute approximate surface area is 110 Å². The number of hydrogen-bond acceptors (Lipinski definition) is 5. The summed E-state index contributed by atoms with van der Waals surface area (Å²) in [5.41, 5.74) is 5.56. The topological polar surface area (TPSA) is 110 Å². The number of nitro benzene ring substituents is 1. The summed E-state index contributed by atoms with van der Waals surface area (Å²) in [6.45, 7) is 1.68. The SMILES string of the molecule is Nc1ccc(C(=O)N[C@H]2CCCNC2)cc1[N+](=O)[O-]. The van der Waals surface area contributed by atoms with E-state index in [1.165, 1.54) is 18.2 Å². The summed E-state index contributed by atoms with van der Waals surface area (Å²) in [6.07, 6.45) is 1.92. The van der Waals surface area contributed by atoms with Crippen LogP contribution in [-0.2, 0) is 0 Å². The number of carbonyl (C=O) groups excluding carboxylic acids is 1. The van der Waals surface area contributed by atoms with Crippen LogP contribution in [0.1, 0.15) is 23.2 Å². The summed E-state index contributed by atoms with van der Waals surface area (Å²) in [5.74, 6) is -0.309. The average Bonchev–Trinajstić information content (AvgIpc) is 2.40. The molecule has 1 aliphatic rings. The molecule has 0 bridgehead atoms. The first-order chi connectivity index (χ1) is 9.08. The van der Waals surface area contributed by atoms with Gasteiger partial charge in [-0.1, -0.05) is 0 Å². The average molecular weight is 264 g/mol. The molecule has 1 fully saturated rings. The van der Waals surface area contributed by atoms with Gasteiger partial charge in [-0.2, -0.15) is 0 Å². The maximum atomic E-state index is 12.0. The quantitative estimate of drug-likeness (QED) is 0.422. The van der Waals surface area contributed by atoms with Crippen molar-refractivity contribution in [2.24, 2.45) is 0 Å². The molecule has 0 unspecified atom stereocenters. The minimum Gasteiger partial charge on any atom is -0.393 e. The number of nitrogens with zero attached hydrogens (tertiary/aromatic N) is 1. The van der Waals surface area contributed by atoms with Crippen molar-refractivity contribution in [1.29, 1.82) is 0 Å². The molecule has 1 heterocycles. The van der Waals surface area contributed by atoms with Gasteiger partial charge in [0, 0.05) is 24.2 Å². The molecule has 0 radical (unpaired) electrons. The van der Waals surface area contributed by atoms with Crippen LogP contribution in [-0.4, -0.2) is 30.0 Å². The predicted molar refractivity (Wildman–Crippen MR) is 70.9 cm³/mol. The smallest absolute Gasteiger partial charge is 0.292 e. The lowest BCUT2D eigenvalue weighted by Gasteiger charge is -2.23. The number of nitrogens with two attached hydrogens (primary N) is 1. The van der Waals surface area contributed by atoms with Crippen LogP contribution in [0, 0.1) is 10.1 Å². The number of piperidine rings is 1. The zero-order valence-electron chi connectivity index (χ0n) is 10.4. The van der Waals surface area contributed by atoms with Gasteiger partial charge in [-0.05, 0) is 31.5 Å². The van der Waals surface area contributed by atoms with Crippen LogP contribution in [0.5, 0.6) is 0 Å². The Morgan fingerprint density at radius 2 is 2.32 bits per heavy atom. The van der Waals surface area contributed by atoms with Crippen molar-refractivity contribution < 1.29 is 9.72 Å². The number of nitrogens with one attached hydrogen (secondary N) is 2. The number of amides is 1. The van der Waals surface area contributed by atoms with Crippen molar-refractivity contribution in [2.75, 3.05) is 18.8 Å². The van der Waals surface area contributed by atoms with Crippen molar-refractivity contribution in [2.45, 2.75) is 18.9 Å². The van der Waals surface area contributed by atoms with Crippen LogP contribution in [0.25, 0.3) is 0 Å². The Hall–Kier alpha value is -2.15. The number of nitrogen functional groups attached to an aromatic ring is 1. The van der Waals surface area contributed by atoms with Crippen LogP contribution in [0.4, 0.5) is 11.4 Å². The molecule has 7 nitrogen and oxygen atoms in total. The van der Waals surface area contributed by atoms with E-state index in [2.05, 4.69) is 10.6 Å². The van der Waals surface area contributed by atoms with Gasteiger partial charge >= 0.3 is 0 Å². The first-order valence-corrected chi connectivity index (χ1v) is 6.13. The van der Waals surface area contributed by atoms with Crippen LogP contribution < -0.4 is 16.4 Å². The van der Waals surface area contributed by atoms with Gasteiger partial charge in [-0.3, -0.25) is 14.9 Å². The van der Waals surface area contributed by atoms with Crippen molar-refractivity contribution in [1.82, 2.24) is 10.6 Å². The fourth-order valence-electron chi connectivity index (χ4n) is 2.09. The van der Waals surface area contributed by atoms with E-state index >= 15 is 0 Å². The third kappa shape index (κ3) is 3.19.